The van der Waals surface area contributed by atoms with E-state index in [1.807, 2.05) is 0 Å². The molecule has 3 rings (SSSR count). The number of ether oxygens (including phenoxy) is 1. The molecule has 1 saturated heterocycles. The van der Waals surface area contributed by atoms with E-state index in [4.69, 9.17) is 4.74 Å². The summed E-state index contributed by atoms with van der Waals surface area (Å²) in [6.45, 7) is 0.721. The van der Waals surface area contributed by atoms with Crippen molar-refractivity contribution in [1.29, 1.82) is 0 Å². The largest absolute Gasteiger partial charge is 0.447 e. The van der Waals surface area contributed by atoms with Gasteiger partial charge >= 0.3 is 6.09 Å². The van der Waals surface area contributed by atoms with Gasteiger partial charge in [-0.2, -0.15) is 0 Å². The molecule has 1 fully saturated rings. The van der Waals surface area contributed by atoms with Gasteiger partial charge in [0.1, 0.15) is 18.2 Å². The van der Waals surface area contributed by atoms with Crippen LogP contribution in [0.3, 0.4) is 0 Å². The fraction of sp³-hybridized carbons (Fsp3) is 0.125. The molecule has 2 aromatic rings. The van der Waals surface area contributed by atoms with Crippen LogP contribution >= 0.6 is 0 Å². The molecule has 0 radical (unpaired) electrons. The zero-order valence-electron chi connectivity index (χ0n) is 11.9. The summed E-state index contributed by atoms with van der Waals surface area (Å²) in [5, 5.41) is 2.52. The van der Waals surface area contributed by atoms with Crippen molar-refractivity contribution in [2.45, 2.75) is 0 Å². The number of carbonyl (C=O) groups excluding carboxylic acids is 2. The average molecular weight is 318 g/mol. The molecule has 118 valence electrons. The summed E-state index contributed by atoms with van der Waals surface area (Å²) in [4.78, 5) is 25.0. The smallest absolute Gasteiger partial charge is 0.414 e. The standard InChI is InChI=1S/C16H12F2N2O3/c17-10-4-5-13(14(18)8-10)15(21)19-11-2-1-3-12(9-11)20-6-7-23-16(20)22/h1-5,8-9H,6-7H2,(H,19,21). The van der Waals surface area contributed by atoms with Gasteiger partial charge in [0.05, 0.1) is 12.1 Å². The summed E-state index contributed by atoms with van der Waals surface area (Å²) in [5.41, 5.74) is 0.679. The number of hydrogen-bond donors (Lipinski definition) is 1. The number of anilines is 2. The molecule has 0 atom stereocenters. The molecule has 2 aromatic carbocycles. The van der Waals surface area contributed by atoms with Crippen LogP contribution in [-0.4, -0.2) is 25.2 Å². The number of nitrogens with zero attached hydrogens (tertiary/aromatic N) is 1. The Labute approximate surface area is 130 Å². The summed E-state index contributed by atoms with van der Waals surface area (Å²) in [6, 6.07) is 9.25. The van der Waals surface area contributed by atoms with Gasteiger partial charge in [-0.1, -0.05) is 6.07 Å². The number of cyclic esters (lactones) is 1. The zero-order chi connectivity index (χ0) is 16.4. The molecule has 0 spiro atoms. The first-order valence-electron chi connectivity index (χ1n) is 6.85. The summed E-state index contributed by atoms with van der Waals surface area (Å²) in [5.74, 6) is -2.40. The Hall–Kier alpha value is -2.96. The van der Waals surface area contributed by atoms with Crippen molar-refractivity contribution in [2.24, 2.45) is 0 Å². The first-order chi connectivity index (χ1) is 11.0. The second kappa shape index (κ2) is 6.04. The lowest BCUT2D eigenvalue weighted by Gasteiger charge is -2.14. The number of rotatable bonds is 3. The van der Waals surface area contributed by atoms with Crippen LogP contribution in [0, 0.1) is 11.6 Å². The molecule has 2 amide bonds. The third-order valence-electron chi connectivity index (χ3n) is 3.35. The summed E-state index contributed by atoms with van der Waals surface area (Å²) < 4.78 is 31.3. The normalized spacial score (nSPS) is 13.8. The second-order valence-electron chi connectivity index (χ2n) is 4.89. The monoisotopic (exact) mass is 318 g/mol. The van der Waals surface area contributed by atoms with Gasteiger partial charge in [-0.15, -0.1) is 0 Å². The van der Waals surface area contributed by atoms with Crippen LogP contribution in [0.4, 0.5) is 25.0 Å². The molecule has 1 aliphatic heterocycles. The van der Waals surface area contributed by atoms with Crippen molar-refractivity contribution < 1.29 is 23.1 Å². The summed E-state index contributed by atoms with van der Waals surface area (Å²) >= 11 is 0. The van der Waals surface area contributed by atoms with E-state index >= 15 is 0 Å². The highest BCUT2D eigenvalue weighted by molar-refractivity contribution is 6.04. The Kier molecular flexibility index (Phi) is 3.92. The minimum Gasteiger partial charge on any atom is -0.447 e. The van der Waals surface area contributed by atoms with E-state index in [2.05, 4.69) is 5.32 Å². The molecule has 23 heavy (non-hydrogen) atoms. The maximum absolute atomic E-state index is 13.6. The average Bonchev–Trinajstić information content (AvgIpc) is 2.93. The fourth-order valence-electron chi connectivity index (χ4n) is 2.25. The first-order valence-corrected chi connectivity index (χ1v) is 6.85. The van der Waals surface area contributed by atoms with Crippen LogP contribution in [0.25, 0.3) is 0 Å². The number of amides is 2. The van der Waals surface area contributed by atoms with Gasteiger partial charge in [0.15, 0.2) is 0 Å². The Balaban J connectivity index is 1.80. The predicted octanol–water partition coefficient (Wildman–Crippen LogP) is 3.17. The van der Waals surface area contributed by atoms with Crippen molar-refractivity contribution in [3.05, 3.63) is 59.7 Å². The van der Waals surface area contributed by atoms with E-state index in [1.54, 1.807) is 24.3 Å². The highest BCUT2D eigenvalue weighted by Crippen LogP contribution is 2.23. The lowest BCUT2D eigenvalue weighted by Crippen LogP contribution is -2.23. The molecule has 0 aromatic heterocycles. The third kappa shape index (κ3) is 3.13. The van der Waals surface area contributed by atoms with Crippen LogP contribution in [0.5, 0.6) is 0 Å². The van der Waals surface area contributed by atoms with Crippen LogP contribution in [0.2, 0.25) is 0 Å². The quantitative estimate of drug-likeness (QED) is 0.945. The molecule has 1 aliphatic rings. The SMILES string of the molecule is O=C(Nc1cccc(N2CCOC2=O)c1)c1ccc(F)cc1F. The van der Waals surface area contributed by atoms with Crippen LogP contribution in [-0.2, 0) is 4.74 Å². The van der Waals surface area contributed by atoms with Gasteiger partial charge in [-0.25, -0.2) is 13.6 Å². The molecule has 0 saturated carbocycles. The van der Waals surface area contributed by atoms with Gasteiger partial charge in [0, 0.05) is 17.4 Å². The Morgan fingerprint density at radius 3 is 2.70 bits per heavy atom. The number of carbonyl (C=O) groups is 2. The van der Waals surface area contributed by atoms with Crippen molar-refractivity contribution in [1.82, 2.24) is 0 Å². The second-order valence-corrected chi connectivity index (χ2v) is 4.89. The van der Waals surface area contributed by atoms with Gasteiger partial charge < -0.3 is 10.1 Å². The minimum atomic E-state index is -0.943. The van der Waals surface area contributed by atoms with E-state index in [-0.39, 0.29) is 5.56 Å². The Morgan fingerprint density at radius 1 is 1.17 bits per heavy atom. The van der Waals surface area contributed by atoms with Gasteiger partial charge in [-0.05, 0) is 30.3 Å². The molecule has 5 nitrogen and oxygen atoms in total. The maximum atomic E-state index is 13.6. The third-order valence-corrected chi connectivity index (χ3v) is 3.35. The van der Waals surface area contributed by atoms with E-state index in [1.165, 1.54) is 4.90 Å². The highest BCUT2D eigenvalue weighted by atomic mass is 19.1. The van der Waals surface area contributed by atoms with Crippen LogP contribution < -0.4 is 10.2 Å². The molecular weight excluding hydrogens is 306 g/mol. The van der Waals surface area contributed by atoms with Gasteiger partial charge in [0.2, 0.25) is 0 Å². The highest BCUT2D eigenvalue weighted by Gasteiger charge is 2.23. The van der Waals surface area contributed by atoms with Gasteiger partial charge in [-0.3, -0.25) is 9.69 Å². The number of halogens is 2. The van der Waals surface area contributed by atoms with Crippen molar-refractivity contribution in [2.75, 3.05) is 23.4 Å². The van der Waals surface area contributed by atoms with E-state index in [9.17, 15) is 18.4 Å². The predicted molar refractivity (Wildman–Crippen MR) is 79.4 cm³/mol. The molecule has 1 N–H and O–H groups in total. The van der Waals surface area contributed by atoms with Crippen molar-refractivity contribution in [3.63, 3.8) is 0 Å². The number of nitrogens with one attached hydrogen (secondary N) is 1. The first kappa shape index (κ1) is 15.0. The number of benzene rings is 2. The maximum Gasteiger partial charge on any atom is 0.414 e. The lowest BCUT2D eigenvalue weighted by atomic mass is 10.2. The summed E-state index contributed by atoms with van der Waals surface area (Å²) in [6.07, 6.45) is -0.460. The summed E-state index contributed by atoms with van der Waals surface area (Å²) in [7, 11) is 0. The lowest BCUT2D eigenvalue weighted by molar-refractivity contribution is 0.102. The minimum absolute atomic E-state index is 0.266. The fourth-order valence-corrected chi connectivity index (χ4v) is 2.25. The Bertz CT molecular complexity index is 780. The molecule has 7 heteroatoms. The molecule has 0 unspecified atom stereocenters. The van der Waals surface area contributed by atoms with Crippen LogP contribution in [0.15, 0.2) is 42.5 Å². The van der Waals surface area contributed by atoms with Crippen LogP contribution in [0.1, 0.15) is 10.4 Å². The molecule has 0 bridgehead atoms. The topological polar surface area (TPSA) is 58.6 Å². The van der Waals surface area contributed by atoms with Crippen molar-refractivity contribution >= 4 is 23.4 Å². The van der Waals surface area contributed by atoms with Gasteiger partial charge in [0.25, 0.3) is 5.91 Å². The molecular formula is C16H12F2N2O3. The van der Waals surface area contributed by atoms with E-state index in [0.29, 0.717) is 30.6 Å². The molecule has 1 heterocycles. The zero-order valence-corrected chi connectivity index (χ0v) is 11.9. The Morgan fingerprint density at radius 2 is 2.00 bits per heavy atom. The van der Waals surface area contributed by atoms with Crippen molar-refractivity contribution in [3.8, 4) is 0 Å². The molecule has 0 aliphatic carbocycles. The number of hydrogen-bond acceptors (Lipinski definition) is 3. The van der Waals surface area contributed by atoms with E-state index < -0.39 is 23.6 Å². The van der Waals surface area contributed by atoms with E-state index in [0.717, 1.165) is 12.1 Å².